The van der Waals surface area contributed by atoms with Crippen molar-refractivity contribution in [2.75, 3.05) is 48.0 Å². The summed E-state index contributed by atoms with van der Waals surface area (Å²) in [7, 11) is 0. The molecule has 6 rings (SSSR count). The third-order valence-electron chi connectivity index (χ3n) is 7.97. The number of carbonyl (C=O) groups is 1. The van der Waals surface area contributed by atoms with E-state index < -0.39 is 23.6 Å². The highest BCUT2D eigenvalue weighted by atomic mass is 32.2. The fourth-order valence-electron chi connectivity index (χ4n) is 5.75. The summed E-state index contributed by atoms with van der Waals surface area (Å²) in [5.41, 5.74) is 1.09. The summed E-state index contributed by atoms with van der Waals surface area (Å²) in [5, 5.41) is 3.35. The van der Waals surface area contributed by atoms with Crippen LogP contribution in [0.25, 0.3) is 11.4 Å². The molecule has 3 aromatic rings. The number of nitrogens with zero attached hydrogens (tertiary/aromatic N) is 5. The van der Waals surface area contributed by atoms with E-state index in [1.54, 1.807) is 30.9 Å². The van der Waals surface area contributed by atoms with Crippen molar-refractivity contribution in [3.05, 3.63) is 54.0 Å². The number of nitrogens with one attached hydrogen (secondary N) is 1. The monoisotopic (exact) mass is 644 g/mol. The minimum absolute atomic E-state index is 0.0478. The van der Waals surface area contributed by atoms with Gasteiger partial charge in [0.15, 0.2) is 17.4 Å². The van der Waals surface area contributed by atoms with Crippen molar-refractivity contribution in [3.63, 3.8) is 0 Å². The second-order valence-corrected chi connectivity index (χ2v) is 13.1. The summed E-state index contributed by atoms with van der Waals surface area (Å²) in [6.07, 6.45) is -0.694. The van der Waals surface area contributed by atoms with E-state index in [2.05, 4.69) is 25.2 Å². The minimum atomic E-state index is -4.51. The number of amides is 2. The fraction of sp³-hybridized carbons (Fsp3) is 0.484. The highest BCUT2D eigenvalue weighted by Gasteiger charge is 2.50. The van der Waals surface area contributed by atoms with Gasteiger partial charge in [0.05, 0.1) is 52.5 Å². The largest absolute Gasteiger partial charge is 0.491 e. The molecular weight excluding hydrogens is 609 g/mol. The van der Waals surface area contributed by atoms with Gasteiger partial charge in [0, 0.05) is 31.3 Å². The van der Waals surface area contributed by atoms with Gasteiger partial charge < -0.3 is 24.4 Å². The summed E-state index contributed by atoms with van der Waals surface area (Å²) in [6.45, 7) is 10.3. The van der Waals surface area contributed by atoms with E-state index in [4.69, 9.17) is 14.2 Å². The van der Waals surface area contributed by atoms with Crippen molar-refractivity contribution in [2.24, 2.45) is 0 Å². The lowest BCUT2D eigenvalue weighted by atomic mass is 10.1. The standard InChI is InChI=1S/C31H35F3N6O4S/c1-5-39-10-7-11-40(28-25(39)18(2)36-27(38-28)19-8-6-9-20(12-19)31(32,33)34)29(41)37-21-13-22(15-35-14-21)42-16-23-26-24(45-23)17-43-30(3,4)44-26/h6,8-9,12-15,23-24,26H,5,7,10-11,16-17H2,1-4H3,(H,37,41). The molecule has 0 bridgehead atoms. The van der Waals surface area contributed by atoms with Crippen LogP contribution in [0.3, 0.4) is 0 Å². The lowest BCUT2D eigenvalue weighted by Crippen LogP contribution is -2.59. The Labute approximate surface area is 263 Å². The number of alkyl halides is 3. The number of ether oxygens (including phenoxy) is 3. The van der Waals surface area contributed by atoms with Gasteiger partial charge in [-0.1, -0.05) is 12.1 Å². The number of anilines is 3. The Balaban J connectivity index is 1.21. The average molecular weight is 645 g/mol. The summed E-state index contributed by atoms with van der Waals surface area (Å²) in [6, 6.07) is 6.14. The number of pyridine rings is 1. The molecule has 0 aliphatic carbocycles. The summed E-state index contributed by atoms with van der Waals surface area (Å²) in [5.74, 6) is 0.326. The second-order valence-electron chi connectivity index (χ2n) is 11.6. The first-order valence-electron chi connectivity index (χ1n) is 14.9. The van der Waals surface area contributed by atoms with E-state index in [0.29, 0.717) is 67.9 Å². The third-order valence-corrected chi connectivity index (χ3v) is 9.48. The molecule has 2 fully saturated rings. The number of hydrogen-bond acceptors (Lipinski definition) is 9. The van der Waals surface area contributed by atoms with Crippen molar-refractivity contribution in [3.8, 4) is 17.1 Å². The van der Waals surface area contributed by atoms with Crippen LogP contribution in [0.5, 0.6) is 5.75 Å². The fourth-order valence-corrected chi connectivity index (χ4v) is 7.02. The molecule has 10 nitrogen and oxygen atoms in total. The second kappa shape index (κ2) is 12.3. The van der Waals surface area contributed by atoms with Gasteiger partial charge in [-0.05, 0) is 46.2 Å². The Bertz CT molecular complexity index is 1570. The van der Waals surface area contributed by atoms with Gasteiger partial charge in [-0.25, -0.2) is 14.8 Å². The Kier molecular flexibility index (Phi) is 8.57. The van der Waals surface area contributed by atoms with Crippen LogP contribution in [0.2, 0.25) is 0 Å². The molecule has 14 heteroatoms. The van der Waals surface area contributed by atoms with E-state index in [1.807, 2.05) is 20.8 Å². The smallest absolute Gasteiger partial charge is 0.416 e. The topological polar surface area (TPSA) is 102 Å². The van der Waals surface area contributed by atoms with Gasteiger partial charge in [0.1, 0.15) is 18.0 Å². The predicted molar refractivity (Wildman–Crippen MR) is 166 cm³/mol. The van der Waals surface area contributed by atoms with Crippen LogP contribution >= 0.6 is 11.8 Å². The number of benzene rings is 1. The maximum atomic E-state index is 13.8. The van der Waals surface area contributed by atoms with Crippen molar-refractivity contribution < 1.29 is 32.2 Å². The van der Waals surface area contributed by atoms with Crippen LogP contribution in [0.15, 0.2) is 42.7 Å². The molecule has 3 aliphatic rings. The zero-order valence-electron chi connectivity index (χ0n) is 25.4. The lowest BCUT2D eigenvalue weighted by Gasteiger charge is -2.51. The summed E-state index contributed by atoms with van der Waals surface area (Å²) in [4.78, 5) is 30.8. The number of hydrogen-bond donors (Lipinski definition) is 1. The molecule has 3 atom stereocenters. The Morgan fingerprint density at radius 2 is 2.02 bits per heavy atom. The summed E-state index contributed by atoms with van der Waals surface area (Å²) < 4.78 is 58.2. The van der Waals surface area contributed by atoms with Gasteiger partial charge in [-0.2, -0.15) is 13.2 Å². The third kappa shape index (κ3) is 6.68. The van der Waals surface area contributed by atoms with Gasteiger partial charge >= 0.3 is 12.2 Å². The van der Waals surface area contributed by atoms with Crippen LogP contribution < -0.4 is 19.9 Å². The first-order valence-corrected chi connectivity index (χ1v) is 15.8. The maximum Gasteiger partial charge on any atom is 0.416 e. The van der Waals surface area contributed by atoms with Crippen LogP contribution in [-0.4, -0.2) is 76.2 Å². The number of halogens is 3. The van der Waals surface area contributed by atoms with Crippen LogP contribution in [0.4, 0.5) is 35.2 Å². The molecule has 45 heavy (non-hydrogen) atoms. The van der Waals surface area contributed by atoms with Gasteiger partial charge in [-0.3, -0.25) is 9.88 Å². The van der Waals surface area contributed by atoms with Gasteiger partial charge in [0.25, 0.3) is 0 Å². The molecule has 0 saturated carbocycles. The molecule has 2 amide bonds. The normalized spacial score (nSPS) is 22.5. The maximum absolute atomic E-state index is 13.8. The van der Waals surface area contributed by atoms with Crippen LogP contribution in [-0.2, 0) is 15.7 Å². The minimum Gasteiger partial charge on any atom is -0.491 e. The van der Waals surface area contributed by atoms with E-state index >= 15 is 0 Å². The number of fused-ring (bicyclic) bond motifs is 2. The average Bonchev–Trinajstić information content (AvgIpc) is 3.18. The van der Waals surface area contributed by atoms with E-state index in [0.717, 1.165) is 12.1 Å². The molecule has 2 aromatic heterocycles. The Morgan fingerprint density at radius 3 is 2.80 bits per heavy atom. The zero-order chi connectivity index (χ0) is 31.9. The SMILES string of the molecule is CCN1CCCN(C(=O)Nc2cncc(OCC3SC4COC(C)(C)OC34)c2)c2nc(-c3cccc(C(F)(F)F)c3)nc(C)c21. The van der Waals surface area contributed by atoms with Crippen LogP contribution in [0.1, 0.15) is 38.4 Å². The van der Waals surface area contributed by atoms with Gasteiger partial charge in [0.2, 0.25) is 0 Å². The molecule has 0 spiro atoms. The van der Waals surface area contributed by atoms with Gasteiger partial charge in [-0.15, -0.1) is 11.8 Å². The highest BCUT2D eigenvalue weighted by Crippen LogP contribution is 2.45. The van der Waals surface area contributed by atoms with E-state index in [1.165, 1.54) is 23.2 Å². The molecule has 1 N–H and O–H groups in total. The highest BCUT2D eigenvalue weighted by molar-refractivity contribution is 8.02. The first-order chi connectivity index (χ1) is 21.4. The van der Waals surface area contributed by atoms with E-state index in [9.17, 15) is 18.0 Å². The molecule has 3 unspecified atom stereocenters. The molecule has 2 saturated heterocycles. The number of aryl methyl sites for hydroxylation is 1. The van der Waals surface area contributed by atoms with Crippen molar-refractivity contribution in [1.82, 2.24) is 15.0 Å². The molecule has 3 aliphatic heterocycles. The quantitative estimate of drug-likeness (QED) is 0.339. The zero-order valence-corrected chi connectivity index (χ0v) is 26.2. The molecule has 240 valence electrons. The molecular formula is C31H35F3N6O4S. The first kappa shape index (κ1) is 31.4. The molecule has 1 aromatic carbocycles. The number of thioether (sulfide) groups is 1. The summed E-state index contributed by atoms with van der Waals surface area (Å²) >= 11 is 1.77. The Morgan fingerprint density at radius 1 is 1.20 bits per heavy atom. The van der Waals surface area contributed by atoms with Crippen LogP contribution in [0, 0.1) is 6.92 Å². The van der Waals surface area contributed by atoms with Crippen molar-refractivity contribution in [1.29, 1.82) is 0 Å². The van der Waals surface area contributed by atoms with Crippen molar-refractivity contribution in [2.45, 2.75) is 62.7 Å². The number of carbonyl (C=O) groups excluding carboxylic acids is 1. The number of aromatic nitrogens is 3. The molecule has 0 radical (unpaired) electrons. The number of rotatable bonds is 6. The predicted octanol–water partition coefficient (Wildman–Crippen LogP) is 6.15. The van der Waals surface area contributed by atoms with Crippen molar-refractivity contribution >= 4 is 35.0 Å². The Hall–Kier alpha value is -3.62. The number of urea groups is 1. The lowest BCUT2D eigenvalue weighted by molar-refractivity contribution is -0.275. The van der Waals surface area contributed by atoms with E-state index in [-0.39, 0.29) is 28.0 Å². The molecule has 5 heterocycles.